The molecule has 1 unspecified atom stereocenters. The van der Waals surface area contributed by atoms with Gasteiger partial charge in [0.2, 0.25) is 0 Å². The van der Waals surface area contributed by atoms with E-state index in [0.717, 1.165) is 58.5 Å². The topological polar surface area (TPSA) is 67.8 Å². The minimum Gasteiger partial charge on any atom is -0.345 e. The normalized spacial score (nSPS) is 18.9. The Balaban J connectivity index is 1.50. The molecule has 27 heavy (non-hydrogen) atoms. The zero-order chi connectivity index (χ0) is 18.4. The Morgan fingerprint density at radius 1 is 1.15 bits per heavy atom. The van der Waals surface area contributed by atoms with Crippen LogP contribution in [-0.2, 0) is 6.42 Å². The number of rotatable bonds is 3. The number of nitrogens with zero attached hydrogens (tertiary/aromatic N) is 3. The molecule has 1 atom stereocenters. The van der Waals surface area contributed by atoms with Gasteiger partial charge in [-0.05, 0) is 51.2 Å². The number of nitrogens with one attached hydrogen (secondary N) is 1. The van der Waals surface area contributed by atoms with Crippen LogP contribution in [-0.4, -0.2) is 20.9 Å². The summed E-state index contributed by atoms with van der Waals surface area (Å²) in [6.07, 6.45) is 7.11. The largest absolute Gasteiger partial charge is 0.345 e. The van der Waals surface area contributed by atoms with Gasteiger partial charge in [0, 0.05) is 34.5 Å². The molecule has 2 aliphatic rings. The minimum atomic E-state index is -0.0334. The molecule has 0 saturated heterocycles. The molecule has 1 saturated carbocycles. The van der Waals surface area contributed by atoms with Crippen LogP contribution in [0.1, 0.15) is 70.8 Å². The van der Waals surface area contributed by atoms with E-state index in [9.17, 15) is 4.79 Å². The maximum atomic E-state index is 13.2. The van der Waals surface area contributed by atoms with Gasteiger partial charge in [0.05, 0.1) is 17.1 Å². The molecule has 0 spiro atoms. The number of fused-ring (bicyclic) bond motifs is 2. The highest BCUT2D eigenvalue weighted by atomic mass is 16.1. The highest BCUT2D eigenvalue weighted by Gasteiger charge is 2.28. The van der Waals surface area contributed by atoms with E-state index in [4.69, 9.17) is 4.98 Å². The van der Waals surface area contributed by atoms with Crippen molar-refractivity contribution in [3.8, 4) is 0 Å². The predicted molar refractivity (Wildman–Crippen MR) is 104 cm³/mol. The van der Waals surface area contributed by atoms with E-state index in [1.54, 1.807) is 0 Å². The van der Waals surface area contributed by atoms with Crippen molar-refractivity contribution in [3.05, 3.63) is 64.9 Å². The van der Waals surface area contributed by atoms with Crippen molar-refractivity contribution < 1.29 is 4.79 Å². The molecule has 2 aromatic heterocycles. The first-order valence-electron chi connectivity index (χ1n) is 9.72. The summed E-state index contributed by atoms with van der Waals surface area (Å²) in [5, 5.41) is 4.16. The Kier molecular flexibility index (Phi) is 3.88. The van der Waals surface area contributed by atoms with Gasteiger partial charge >= 0.3 is 0 Å². The molecule has 1 amide bonds. The summed E-state index contributed by atoms with van der Waals surface area (Å²) in [6, 6.07) is 9.87. The second kappa shape index (κ2) is 6.41. The highest BCUT2D eigenvalue weighted by molar-refractivity contribution is 6.06. The van der Waals surface area contributed by atoms with Crippen LogP contribution in [0.2, 0.25) is 0 Å². The Labute approximate surface area is 158 Å². The van der Waals surface area contributed by atoms with Gasteiger partial charge in [0.25, 0.3) is 5.91 Å². The van der Waals surface area contributed by atoms with Crippen LogP contribution in [0.3, 0.4) is 0 Å². The Hall–Kier alpha value is -2.82. The molecule has 5 nitrogen and oxygen atoms in total. The van der Waals surface area contributed by atoms with E-state index in [1.165, 1.54) is 12.8 Å². The summed E-state index contributed by atoms with van der Waals surface area (Å²) < 4.78 is 0. The van der Waals surface area contributed by atoms with E-state index in [1.807, 2.05) is 43.5 Å². The van der Waals surface area contributed by atoms with Crippen molar-refractivity contribution in [2.24, 2.45) is 0 Å². The standard InChI is InChI=1S/C22H22N4O/c1-13-23-12-17-19(24-13)7-4-8-20(17)26-22(27)16-11-21(14-9-10-14)25-18-6-3-2-5-15(16)18/h2-3,5-6,11-12,14,20H,4,7-10H2,1H3,(H,26,27). The number of hydrogen-bond donors (Lipinski definition) is 1. The lowest BCUT2D eigenvalue weighted by Crippen LogP contribution is -2.32. The van der Waals surface area contributed by atoms with Crippen LogP contribution in [0.25, 0.3) is 10.9 Å². The average Bonchev–Trinajstić information content (AvgIpc) is 3.52. The number of carbonyl (C=O) groups is 1. The van der Waals surface area contributed by atoms with Crippen LogP contribution < -0.4 is 5.32 Å². The maximum absolute atomic E-state index is 13.2. The Morgan fingerprint density at radius 2 is 2.00 bits per heavy atom. The zero-order valence-corrected chi connectivity index (χ0v) is 15.4. The minimum absolute atomic E-state index is 0.0295. The molecule has 0 bridgehead atoms. The smallest absolute Gasteiger partial charge is 0.252 e. The summed E-state index contributed by atoms with van der Waals surface area (Å²) >= 11 is 0. The molecule has 5 heteroatoms. The molecule has 2 aliphatic carbocycles. The number of amides is 1. The third kappa shape index (κ3) is 3.07. The number of benzene rings is 1. The molecule has 136 valence electrons. The van der Waals surface area contributed by atoms with Gasteiger partial charge in [-0.25, -0.2) is 9.97 Å². The predicted octanol–water partition coefficient (Wildman–Crippen LogP) is 4.02. The Morgan fingerprint density at radius 3 is 2.85 bits per heavy atom. The molecular formula is C22H22N4O. The lowest BCUT2D eigenvalue weighted by Gasteiger charge is -2.25. The zero-order valence-electron chi connectivity index (χ0n) is 15.4. The van der Waals surface area contributed by atoms with Gasteiger partial charge in [-0.3, -0.25) is 9.78 Å². The lowest BCUT2D eigenvalue weighted by molar-refractivity contribution is 0.0934. The van der Waals surface area contributed by atoms with Gasteiger partial charge in [-0.1, -0.05) is 18.2 Å². The molecular weight excluding hydrogens is 336 g/mol. The van der Waals surface area contributed by atoms with Crippen molar-refractivity contribution in [1.82, 2.24) is 20.3 Å². The number of carbonyl (C=O) groups excluding carboxylic acids is 1. The summed E-state index contributed by atoms with van der Waals surface area (Å²) in [6.45, 7) is 1.91. The fraction of sp³-hybridized carbons (Fsp3) is 0.364. The molecule has 1 fully saturated rings. The van der Waals surface area contributed by atoms with Gasteiger partial charge in [-0.2, -0.15) is 0 Å². The summed E-state index contributed by atoms with van der Waals surface area (Å²) in [7, 11) is 0. The number of aryl methyl sites for hydroxylation is 2. The number of pyridine rings is 1. The van der Waals surface area contributed by atoms with Crippen molar-refractivity contribution >= 4 is 16.8 Å². The van der Waals surface area contributed by atoms with Gasteiger partial charge < -0.3 is 5.32 Å². The van der Waals surface area contributed by atoms with E-state index >= 15 is 0 Å². The second-order valence-corrected chi connectivity index (χ2v) is 7.62. The molecule has 1 aromatic carbocycles. The second-order valence-electron chi connectivity index (χ2n) is 7.62. The van der Waals surface area contributed by atoms with Crippen LogP contribution in [0.15, 0.2) is 36.5 Å². The molecule has 5 rings (SSSR count). The van der Waals surface area contributed by atoms with Crippen molar-refractivity contribution in [3.63, 3.8) is 0 Å². The van der Waals surface area contributed by atoms with Gasteiger partial charge in [0.15, 0.2) is 0 Å². The first-order chi connectivity index (χ1) is 13.2. The third-order valence-electron chi connectivity index (χ3n) is 5.58. The monoisotopic (exact) mass is 358 g/mol. The lowest BCUT2D eigenvalue weighted by atomic mass is 9.92. The first kappa shape index (κ1) is 16.4. The first-order valence-corrected chi connectivity index (χ1v) is 9.72. The van der Waals surface area contributed by atoms with Crippen LogP contribution in [0.5, 0.6) is 0 Å². The van der Waals surface area contributed by atoms with E-state index in [-0.39, 0.29) is 11.9 Å². The van der Waals surface area contributed by atoms with Crippen LogP contribution in [0, 0.1) is 6.92 Å². The van der Waals surface area contributed by atoms with Crippen LogP contribution >= 0.6 is 0 Å². The van der Waals surface area contributed by atoms with E-state index in [0.29, 0.717) is 5.92 Å². The molecule has 3 aromatic rings. The molecule has 0 radical (unpaired) electrons. The number of aromatic nitrogens is 3. The van der Waals surface area contributed by atoms with Crippen LogP contribution in [0.4, 0.5) is 0 Å². The van der Waals surface area contributed by atoms with E-state index in [2.05, 4.69) is 15.3 Å². The van der Waals surface area contributed by atoms with E-state index < -0.39 is 0 Å². The van der Waals surface area contributed by atoms with Gasteiger partial charge in [-0.15, -0.1) is 0 Å². The number of para-hydroxylation sites is 1. The number of hydrogen-bond acceptors (Lipinski definition) is 4. The summed E-state index contributed by atoms with van der Waals surface area (Å²) in [5.41, 5.74) is 4.79. The molecule has 1 N–H and O–H groups in total. The average molecular weight is 358 g/mol. The van der Waals surface area contributed by atoms with Gasteiger partial charge in [0.1, 0.15) is 5.82 Å². The van der Waals surface area contributed by atoms with Crippen molar-refractivity contribution in [1.29, 1.82) is 0 Å². The quantitative estimate of drug-likeness (QED) is 0.768. The fourth-order valence-corrected chi connectivity index (χ4v) is 4.00. The fourth-order valence-electron chi connectivity index (χ4n) is 4.00. The SMILES string of the molecule is Cc1ncc2c(n1)CCCC2NC(=O)c1cc(C2CC2)nc2ccccc12. The van der Waals surface area contributed by atoms with Crippen molar-refractivity contribution in [2.75, 3.05) is 0 Å². The van der Waals surface area contributed by atoms with Crippen molar-refractivity contribution in [2.45, 2.75) is 51.0 Å². The molecule has 0 aliphatic heterocycles. The summed E-state index contributed by atoms with van der Waals surface area (Å²) in [5.74, 6) is 1.26. The molecule has 2 heterocycles. The highest BCUT2D eigenvalue weighted by Crippen LogP contribution is 2.40. The maximum Gasteiger partial charge on any atom is 0.252 e. The summed E-state index contributed by atoms with van der Waals surface area (Å²) in [4.78, 5) is 26.9. The Bertz CT molecular complexity index is 1040. The third-order valence-corrected chi connectivity index (χ3v) is 5.58.